The summed E-state index contributed by atoms with van der Waals surface area (Å²) in [7, 11) is 1.82. The fourth-order valence-corrected chi connectivity index (χ4v) is 1.58. The van der Waals surface area contributed by atoms with Crippen LogP contribution in [0.25, 0.3) is 0 Å². The van der Waals surface area contributed by atoms with E-state index in [1.54, 1.807) is 17.3 Å². The van der Waals surface area contributed by atoms with E-state index in [4.69, 9.17) is 5.84 Å². The number of allylic oxidation sites excluding steroid dienone is 2. The number of rotatable bonds is 5. The Morgan fingerprint density at radius 3 is 2.31 bits per heavy atom. The molecule has 3 heteroatoms. The molecule has 92 valence electrons. The molecule has 0 unspecified atom stereocenters. The Labute approximate surface area is 99.7 Å². The molecule has 0 fully saturated rings. The lowest BCUT2D eigenvalue weighted by molar-refractivity contribution is 0.390. The molecule has 0 amide bonds. The second-order valence-electron chi connectivity index (χ2n) is 4.93. The lowest BCUT2D eigenvalue weighted by atomic mass is 9.83. The van der Waals surface area contributed by atoms with Crippen LogP contribution in [0.4, 0.5) is 0 Å². The summed E-state index contributed by atoms with van der Waals surface area (Å²) < 4.78 is 0. The maximum Gasteiger partial charge on any atom is 0.141 e. The van der Waals surface area contributed by atoms with Crippen LogP contribution >= 0.6 is 0 Å². The van der Waals surface area contributed by atoms with Crippen LogP contribution in [0.1, 0.15) is 40.5 Å². The quantitative estimate of drug-likeness (QED) is 0.442. The third-order valence-electron chi connectivity index (χ3n) is 2.31. The van der Waals surface area contributed by atoms with Gasteiger partial charge in [0.1, 0.15) is 5.82 Å². The lowest BCUT2D eigenvalue weighted by Crippen LogP contribution is -2.28. The van der Waals surface area contributed by atoms with Crippen LogP contribution in [0.2, 0.25) is 0 Å². The van der Waals surface area contributed by atoms with Crippen molar-refractivity contribution in [2.24, 2.45) is 16.3 Å². The molecule has 0 rings (SSSR count). The van der Waals surface area contributed by atoms with E-state index in [2.05, 4.69) is 39.3 Å². The van der Waals surface area contributed by atoms with Crippen LogP contribution in [0.5, 0.6) is 0 Å². The van der Waals surface area contributed by atoms with Crippen molar-refractivity contribution < 1.29 is 0 Å². The van der Waals surface area contributed by atoms with Gasteiger partial charge in [-0.05, 0) is 17.4 Å². The average Bonchev–Trinajstić information content (AvgIpc) is 2.14. The first-order chi connectivity index (χ1) is 7.34. The minimum atomic E-state index is 0.0808. The van der Waals surface area contributed by atoms with Gasteiger partial charge in [-0.2, -0.15) is 0 Å². The highest BCUT2D eigenvalue weighted by atomic mass is 15.4. The predicted octanol–water partition coefficient (Wildman–Crippen LogP) is 3.11. The van der Waals surface area contributed by atoms with Gasteiger partial charge in [-0.15, -0.1) is 0 Å². The molecule has 0 aromatic rings. The first kappa shape index (κ1) is 14.9. The van der Waals surface area contributed by atoms with E-state index in [-0.39, 0.29) is 5.41 Å². The largest absolute Gasteiger partial charge is 0.298 e. The molecular formula is C13H25N3. The minimum Gasteiger partial charge on any atom is -0.298 e. The standard InChI is InChI=1S/C13H25N3/c1-7-9-11(13(3,4)5)12(16(6)14)15-10-8-2/h8,10H,2,7,9,14H2,1,3-6H3/b12-11+,15-10?. The van der Waals surface area contributed by atoms with E-state index in [0.717, 1.165) is 18.7 Å². The molecule has 16 heavy (non-hydrogen) atoms. The molecule has 0 bridgehead atoms. The van der Waals surface area contributed by atoms with Crippen molar-refractivity contribution in [3.8, 4) is 0 Å². The molecule has 0 saturated heterocycles. The van der Waals surface area contributed by atoms with Crippen molar-refractivity contribution in [3.63, 3.8) is 0 Å². The smallest absolute Gasteiger partial charge is 0.141 e. The monoisotopic (exact) mass is 223 g/mol. The Hall–Kier alpha value is -1.09. The second kappa shape index (κ2) is 6.48. The van der Waals surface area contributed by atoms with E-state index >= 15 is 0 Å². The van der Waals surface area contributed by atoms with Gasteiger partial charge in [0.25, 0.3) is 0 Å². The van der Waals surface area contributed by atoms with Crippen LogP contribution in [0.3, 0.4) is 0 Å². The molecule has 0 aliphatic rings. The SMILES string of the molecule is C=CC=N/C(=C(/CCC)C(C)(C)C)N(C)N. The molecule has 0 aromatic carbocycles. The first-order valence-corrected chi connectivity index (χ1v) is 5.71. The Kier molecular flexibility index (Phi) is 6.04. The van der Waals surface area contributed by atoms with E-state index in [0.29, 0.717) is 0 Å². The number of hydrazine groups is 1. The fourth-order valence-electron chi connectivity index (χ4n) is 1.58. The first-order valence-electron chi connectivity index (χ1n) is 5.71. The van der Waals surface area contributed by atoms with Crippen molar-refractivity contribution in [2.75, 3.05) is 7.05 Å². The Morgan fingerprint density at radius 1 is 1.44 bits per heavy atom. The molecule has 0 atom stereocenters. The molecule has 0 aromatic heterocycles. The number of nitrogens with two attached hydrogens (primary N) is 1. The second-order valence-corrected chi connectivity index (χ2v) is 4.93. The van der Waals surface area contributed by atoms with Crippen LogP contribution in [-0.2, 0) is 0 Å². The summed E-state index contributed by atoms with van der Waals surface area (Å²) >= 11 is 0. The van der Waals surface area contributed by atoms with Crippen molar-refractivity contribution in [1.29, 1.82) is 0 Å². The Bertz CT molecular complexity index is 280. The van der Waals surface area contributed by atoms with E-state index < -0.39 is 0 Å². The summed E-state index contributed by atoms with van der Waals surface area (Å²) in [5.74, 6) is 6.67. The normalized spacial score (nSPS) is 13.9. The summed E-state index contributed by atoms with van der Waals surface area (Å²) in [4.78, 5) is 4.36. The Morgan fingerprint density at radius 2 is 2.00 bits per heavy atom. The Balaban J connectivity index is 5.43. The summed E-state index contributed by atoms with van der Waals surface area (Å²) in [6, 6.07) is 0. The molecule has 0 aliphatic heterocycles. The molecular weight excluding hydrogens is 198 g/mol. The van der Waals surface area contributed by atoms with Gasteiger partial charge in [0.2, 0.25) is 0 Å². The summed E-state index contributed by atoms with van der Waals surface area (Å²) in [5.41, 5.74) is 1.36. The maximum atomic E-state index is 5.83. The zero-order chi connectivity index (χ0) is 12.8. The fraction of sp³-hybridized carbons (Fsp3) is 0.615. The lowest BCUT2D eigenvalue weighted by Gasteiger charge is -2.27. The van der Waals surface area contributed by atoms with Crippen molar-refractivity contribution in [2.45, 2.75) is 40.5 Å². The maximum absolute atomic E-state index is 5.83. The molecule has 0 aliphatic carbocycles. The van der Waals surface area contributed by atoms with Crippen LogP contribution in [0, 0.1) is 5.41 Å². The van der Waals surface area contributed by atoms with Crippen molar-refractivity contribution in [3.05, 3.63) is 24.0 Å². The third-order valence-corrected chi connectivity index (χ3v) is 2.31. The molecule has 0 heterocycles. The average molecular weight is 223 g/mol. The summed E-state index contributed by atoms with van der Waals surface area (Å²) in [6.45, 7) is 12.3. The number of hydrogen-bond donors (Lipinski definition) is 1. The molecule has 0 saturated carbocycles. The van der Waals surface area contributed by atoms with E-state index in [1.165, 1.54) is 5.57 Å². The van der Waals surface area contributed by atoms with Crippen molar-refractivity contribution in [1.82, 2.24) is 5.01 Å². The van der Waals surface area contributed by atoms with Gasteiger partial charge in [0.15, 0.2) is 0 Å². The van der Waals surface area contributed by atoms with Gasteiger partial charge in [0, 0.05) is 13.3 Å². The van der Waals surface area contributed by atoms with E-state index in [9.17, 15) is 0 Å². The minimum absolute atomic E-state index is 0.0808. The number of nitrogens with zero attached hydrogens (tertiary/aromatic N) is 2. The van der Waals surface area contributed by atoms with Crippen molar-refractivity contribution >= 4 is 6.21 Å². The number of aliphatic imine (C=N–C) groups is 1. The summed E-state index contributed by atoms with van der Waals surface area (Å²) in [5, 5.41) is 1.58. The predicted molar refractivity (Wildman–Crippen MR) is 72.0 cm³/mol. The summed E-state index contributed by atoms with van der Waals surface area (Å²) in [6.07, 6.45) is 5.44. The van der Waals surface area contributed by atoms with Gasteiger partial charge in [0.05, 0.1) is 0 Å². The molecule has 0 radical (unpaired) electrons. The molecule has 0 spiro atoms. The zero-order valence-corrected chi connectivity index (χ0v) is 11.2. The van der Waals surface area contributed by atoms with Gasteiger partial charge in [-0.25, -0.2) is 10.8 Å². The highest BCUT2D eigenvalue weighted by Crippen LogP contribution is 2.32. The van der Waals surface area contributed by atoms with Gasteiger partial charge < -0.3 is 0 Å². The van der Waals surface area contributed by atoms with Gasteiger partial charge in [-0.3, -0.25) is 5.01 Å². The van der Waals surface area contributed by atoms with Gasteiger partial charge in [-0.1, -0.05) is 46.8 Å². The third kappa shape index (κ3) is 4.62. The van der Waals surface area contributed by atoms with Gasteiger partial charge >= 0.3 is 0 Å². The highest BCUT2D eigenvalue weighted by molar-refractivity contribution is 5.71. The van der Waals surface area contributed by atoms with Crippen LogP contribution < -0.4 is 5.84 Å². The molecule has 2 N–H and O–H groups in total. The number of hydrogen-bond acceptors (Lipinski definition) is 3. The van der Waals surface area contributed by atoms with E-state index in [1.807, 2.05) is 7.05 Å². The van der Waals surface area contributed by atoms with Crippen LogP contribution in [0.15, 0.2) is 29.0 Å². The molecule has 3 nitrogen and oxygen atoms in total. The topological polar surface area (TPSA) is 41.6 Å². The highest BCUT2D eigenvalue weighted by Gasteiger charge is 2.21. The van der Waals surface area contributed by atoms with Crippen LogP contribution in [-0.4, -0.2) is 18.3 Å². The zero-order valence-electron chi connectivity index (χ0n) is 11.2.